The van der Waals surface area contributed by atoms with Gasteiger partial charge < -0.3 is 0 Å². The van der Waals surface area contributed by atoms with Crippen LogP contribution in [-0.2, 0) is 0 Å². The van der Waals surface area contributed by atoms with E-state index in [4.69, 9.17) is 0 Å². The van der Waals surface area contributed by atoms with Crippen LogP contribution in [0.15, 0.2) is 0 Å². The summed E-state index contributed by atoms with van der Waals surface area (Å²) >= 11 is 2.22. The van der Waals surface area contributed by atoms with Crippen molar-refractivity contribution in [2.75, 3.05) is 0 Å². The molecular formula is C2H2Sn2. The Kier molecular flexibility index (Phi) is 5.36. The maximum absolute atomic E-state index is 2.87. The predicted octanol–water partition coefficient (Wildman–Crippen LogP) is -1.29. The predicted molar refractivity (Wildman–Crippen MR) is 22.1 cm³/mol. The van der Waals surface area contributed by atoms with Crippen LogP contribution in [0.4, 0.5) is 0 Å². The fourth-order valence-corrected chi connectivity index (χ4v) is 0. The summed E-state index contributed by atoms with van der Waals surface area (Å²) in [6.45, 7) is 0. The first-order chi connectivity index (χ1) is 1.91. The van der Waals surface area contributed by atoms with Crippen LogP contribution in [0.25, 0.3) is 0 Å². The van der Waals surface area contributed by atoms with Gasteiger partial charge in [0.05, 0.1) is 0 Å². The second-order valence-corrected chi connectivity index (χ2v) is 1.94. The summed E-state index contributed by atoms with van der Waals surface area (Å²) in [6.07, 6.45) is 0. The van der Waals surface area contributed by atoms with Crippen LogP contribution >= 0.6 is 0 Å². The molecule has 0 aromatic carbocycles. The Morgan fingerprint density at radius 3 is 1.25 bits per heavy atom. The molecule has 2 heteroatoms. The normalized spacial score (nSPS) is 3.50. The summed E-state index contributed by atoms with van der Waals surface area (Å²) in [5, 5.41) is 0. The summed E-state index contributed by atoms with van der Waals surface area (Å²) in [5.41, 5.74) is 0. The van der Waals surface area contributed by atoms with Crippen LogP contribution < -0.4 is 0 Å². The van der Waals surface area contributed by atoms with Gasteiger partial charge in [0.2, 0.25) is 0 Å². The van der Waals surface area contributed by atoms with Gasteiger partial charge in [-0.1, -0.05) is 0 Å². The van der Waals surface area contributed by atoms with E-state index in [2.05, 4.69) is 7.87 Å². The van der Waals surface area contributed by atoms with Crippen molar-refractivity contribution in [2.45, 2.75) is 0 Å². The van der Waals surface area contributed by atoms with Gasteiger partial charge in [0.25, 0.3) is 0 Å². The molecule has 4 radical (unpaired) electrons. The molecule has 0 aliphatic rings. The molecule has 0 N–H and O–H groups in total. The third-order valence-corrected chi connectivity index (χ3v) is 3.75. The first-order valence-electron chi connectivity index (χ1n) is 0.827. The Labute approximate surface area is 52.5 Å². The SMILES string of the molecule is [SnH][C]#[C][SnH]. The minimum atomic E-state index is 1.11. The molecule has 18 valence electrons. The molecule has 0 saturated heterocycles. The summed E-state index contributed by atoms with van der Waals surface area (Å²) in [6, 6.07) is 0. The van der Waals surface area contributed by atoms with Gasteiger partial charge in [0.1, 0.15) is 0 Å². The summed E-state index contributed by atoms with van der Waals surface area (Å²) in [4.78, 5) is 0. The van der Waals surface area contributed by atoms with E-state index < -0.39 is 0 Å². The van der Waals surface area contributed by atoms with Crippen LogP contribution in [0, 0.1) is 7.87 Å². The standard InChI is InChI=1S/C2.2Sn.2H/c1-2;;;;. The third kappa shape index (κ3) is 3.16. The molecule has 0 saturated carbocycles. The van der Waals surface area contributed by atoms with E-state index in [9.17, 15) is 0 Å². The van der Waals surface area contributed by atoms with Gasteiger partial charge in [-0.05, 0) is 0 Å². The van der Waals surface area contributed by atoms with Gasteiger partial charge in [-0.2, -0.15) is 0 Å². The Bertz CT molecular complexity index is 40.8. The maximum atomic E-state index is 2.87. The van der Waals surface area contributed by atoms with Crippen molar-refractivity contribution in [2.24, 2.45) is 0 Å². The van der Waals surface area contributed by atoms with Crippen molar-refractivity contribution in [3.8, 4) is 7.87 Å². The van der Waals surface area contributed by atoms with Gasteiger partial charge in [-0.3, -0.25) is 0 Å². The van der Waals surface area contributed by atoms with Crippen LogP contribution in [0.5, 0.6) is 0 Å². The van der Waals surface area contributed by atoms with Crippen molar-refractivity contribution in [3.63, 3.8) is 0 Å². The molecule has 0 unspecified atom stereocenters. The number of hydrogen-bond acceptors (Lipinski definition) is 0. The zero-order valence-corrected chi connectivity index (χ0v) is 8.75. The van der Waals surface area contributed by atoms with Crippen molar-refractivity contribution < 1.29 is 0 Å². The van der Waals surface area contributed by atoms with E-state index in [1.807, 2.05) is 0 Å². The van der Waals surface area contributed by atoms with E-state index in [1.165, 1.54) is 0 Å². The molecule has 0 spiro atoms. The molecule has 0 fully saturated rings. The van der Waals surface area contributed by atoms with Gasteiger partial charge in [0, 0.05) is 0 Å². The molecule has 0 aliphatic carbocycles. The second-order valence-electron chi connectivity index (χ2n) is 0.289. The Morgan fingerprint density at radius 2 is 1.25 bits per heavy atom. The van der Waals surface area contributed by atoms with Gasteiger partial charge >= 0.3 is 52.9 Å². The van der Waals surface area contributed by atoms with E-state index >= 15 is 0 Å². The number of rotatable bonds is 0. The topological polar surface area (TPSA) is 0 Å². The van der Waals surface area contributed by atoms with Crippen molar-refractivity contribution in [1.29, 1.82) is 0 Å². The van der Waals surface area contributed by atoms with Crippen LogP contribution in [0.3, 0.4) is 0 Å². The van der Waals surface area contributed by atoms with Crippen molar-refractivity contribution in [3.05, 3.63) is 0 Å². The average molecular weight is 263 g/mol. The third-order valence-electron chi connectivity index (χ3n) is 0.0833. The van der Waals surface area contributed by atoms with E-state index in [1.54, 1.807) is 0 Å². The molecular weight excluding hydrogens is 261 g/mol. The summed E-state index contributed by atoms with van der Waals surface area (Å²) < 4.78 is 5.74. The fraction of sp³-hybridized carbons (Fsp3) is 0. The first kappa shape index (κ1) is 5.16. The first-order valence-corrected chi connectivity index (χ1v) is 4.12. The van der Waals surface area contributed by atoms with Crippen LogP contribution in [-0.4, -0.2) is 45.0 Å². The Balaban J connectivity index is 2.83. The van der Waals surface area contributed by atoms with E-state index in [0.29, 0.717) is 0 Å². The Morgan fingerprint density at radius 1 is 1.00 bits per heavy atom. The molecule has 4 heavy (non-hydrogen) atoms. The summed E-state index contributed by atoms with van der Waals surface area (Å²) in [7, 11) is 0. The van der Waals surface area contributed by atoms with E-state index in [0.717, 1.165) is 45.0 Å². The minimum absolute atomic E-state index is 1.11. The molecule has 0 nitrogen and oxygen atoms in total. The van der Waals surface area contributed by atoms with Crippen molar-refractivity contribution >= 4 is 45.0 Å². The van der Waals surface area contributed by atoms with Gasteiger partial charge in [-0.25, -0.2) is 0 Å². The average Bonchev–Trinajstić information content (AvgIpc) is 1.37. The van der Waals surface area contributed by atoms with E-state index in [-0.39, 0.29) is 0 Å². The molecule has 0 rings (SSSR count). The van der Waals surface area contributed by atoms with Crippen LogP contribution in [0.1, 0.15) is 0 Å². The molecule has 0 aromatic rings. The molecule has 0 amide bonds. The molecule has 0 bridgehead atoms. The van der Waals surface area contributed by atoms with Gasteiger partial charge in [-0.15, -0.1) is 0 Å². The molecule has 0 aromatic heterocycles. The Hall–Kier alpha value is 1.16. The zero-order valence-electron chi connectivity index (χ0n) is 2.15. The second kappa shape index (κ2) is 4.16. The monoisotopic (exact) mass is 266 g/mol. The number of hydrogen-bond donors (Lipinski definition) is 0. The summed E-state index contributed by atoms with van der Waals surface area (Å²) in [5.74, 6) is 0. The van der Waals surface area contributed by atoms with Crippen LogP contribution in [0.2, 0.25) is 0 Å². The quantitative estimate of drug-likeness (QED) is 0.377. The zero-order chi connectivity index (χ0) is 3.41. The molecule has 0 atom stereocenters. The fourth-order valence-electron chi connectivity index (χ4n) is 0. The molecule has 0 heterocycles. The molecule has 0 aliphatic heterocycles. The van der Waals surface area contributed by atoms with Crippen molar-refractivity contribution in [1.82, 2.24) is 0 Å². The van der Waals surface area contributed by atoms with Gasteiger partial charge in [0.15, 0.2) is 0 Å².